The van der Waals surface area contributed by atoms with E-state index in [0.29, 0.717) is 0 Å². The number of halogens is 1. The van der Waals surface area contributed by atoms with Crippen LogP contribution in [0.4, 0.5) is 0 Å². The highest BCUT2D eigenvalue weighted by molar-refractivity contribution is 7.16. The molecule has 0 aromatic carbocycles. The van der Waals surface area contributed by atoms with E-state index in [4.69, 9.17) is 11.6 Å². The monoisotopic (exact) mass is 245 g/mol. The molecule has 6 heteroatoms. The molecule has 14 heavy (non-hydrogen) atoms. The van der Waals surface area contributed by atoms with Crippen molar-refractivity contribution >= 4 is 34.5 Å². The van der Waals surface area contributed by atoms with Gasteiger partial charge in [0, 0.05) is 4.88 Å². The van der Waals surface area contributed by atoms with Crippen LogP contribution in [0.3, 0.4) is 0 Å². The van der Waals surface area contributed by atoms with E-state index >= 15 is 0 Å². The average Bonchev–Trinajstić information content (AvgIpc) is 2.79. The number of hydrogen-bond donors (Lipinski definition) is 1. The Morgan fingerprint density at radius 3 is 2.79 bits per heavy atom. The molecule has 2 rings (SSSR count). The van der Waals surface area contributed by atoms with Crippen LogP contribution in [0.1, 0.15) is 15.8 Å². The van der Waals surface area contributed by atoms with Gasteiger partial charge in [-0.1, -0.05) is 16.1 Å². The molecule has 1 N–H and O–H groups in total. The van der Waals surface area contributed by atoms with Gasteiger partial charge in [0.2, 0.25) is 0 Å². The summed E-state index contributed by atoms with van der Waals surface area (Å²) in [6, 6.07) is 4.08. The molecule has 74 valence electrons. The van der Waals surface area contributed by atoms with E-state index in [-0.39, 0.29) is 6.04 Å². The maximum Gasteiger partial charge on any atom is 0.0931 e. The molecule has 0 aliphatic heterocycles. The van der Waals surface area contributed by atoms with Gasteiger partial charge in [-0.3, -0.25) is 0 Å². The molecule has 0 radical (unpaired) electrons. The number of nitrogens with one attached hydrogen (secondary N) is 1. The van der Waals surface area contributed by atoms with Crippen LogP contribution >= 0.6 is 34.5 Å². The molecule has 2 heterocycles. The number of rotatable bonds is 3. The van der Waals surface area contributed by atoms with Crippen LogP contribution < -0.4 is 5.32 Å². The summed E-state index contributed by atoms with van der Waals surface area (Å²) >= 11 is 8.86. The first-order valence-electron chi connectivity index (χ1n) is 4.01. The lowest BCUT2D eigenvalue weighted by molar-refractivity contribution is 0.714. The van der Waals surface area contributed by atoms with Crippen molar-refractivity contribution in [3.8, 4) is 0 Å². The molecule has 3 nitrogen and oxygen atoms in total. The van der Waals surface area contributed by atoms with Gasteiger partial charge in [0.15, 0.2) is 0 Å². The van der Waals surface area contributed by atoms with Crippen molar-refractivity contribution < 1.29 is 0 Å². The van der Waals surface area contributed by atoms with E-state index in [1.165, 1.54) is 16.4 Å². The Balaban J connectivity index is 2.31. The largest absolute Gasteiger partial charge is 0.308 e. The number of aromatic nitrogens is 2. The third kappa shape index (κ3) is 1.95. The lowest BCUT2D eigenvalue weighted by Gasteiger charge is -2.10. The lowest BCUT2D eigenvalue weighted by Crippen LogP contribution is -2.14. The number of nitrogens with zero attached hydrogens (tertiary/aromatic N) is 2. The highest BCUT2D eigenvalue weighted by Gasteiger charge is 2.15. The smallest absolute Gasteiger partial charge is 0.0931 e. The topological polar surface area (TPSA) is 37.8 Å². The molecular weight excluding hydrogens is 238 g/mol. The molecule has 1 unspecified atom stereocenters. The number of hydrogen-bond acceptors (Lipinski definition) is 5. The van der Waals surface area contributed by atoms with Gasteiger partial charge in [0.05, 0.1) is 21.5 Å². The Hall–Kier alpha value is -0.490. The summed E-state index contributed by atoms with van der Waals surface area (Å²) in [5, 5.41) is 7.04. The van der Waals surface area contributed by atoms with Crippen molar-refractivity contribution in [2.45, 2.75) is 6.04 Å². The van der Waals surface area contributed by atoms with Crippen LogP contribution in [0.25, 0.3) is 0 Å². The normalized spacial score (nSPS) is 13.0. The summed E-state index contributed by atoms with van der Waals surface area (Å²) in [6.45, 7) is 0. The zero-order valence-electron chi connectivity index (χ0n) is 7.40. The van der Waals surface area contributed by atoms with Crippen molar-refractivity contribution in [2.75, 3.05) is 7.05 Å². The quantitative estimate of drug-likeness (QED) is 0.903. The van der Waals surface area contributed by atoms with Gasteiger partial charge in [-0.05, 0) is 30.7 Å². The van der Waals surface area contributed by atoms with Gasteiger partial charge in [-0.25, -0.2) is 0 Å². The van der Waals surface area contributed by atoms with Gasteiger partial charge in [-0.15, -0.1) is 16.4 Å². The first-order chi connectivity index (χ1) is 6.81. The Kier molecular flexibility index (Phi) is 3.12. The molecule has 0 bridgehead atoms. The summed E-state index contributed by atoms with van der Waals surface area (Å²) in [7, 11) is 1.91. The van der Waals surface area contributed by atoms with Crippen molar-refractivity contribution in [3.05, 3.63) is 32.4 Å². The van der Waals surface area contributed by atoms with Gasteiger partial charge < -0.3 is 5.32 Å². The van der Waals surface area contributed by atoms with Crippen molar-refractivity contribution in [3.63, 3.8) is 0 Å². The predicted octanol–water partition coefficient (Wildman–Crippen LogP) is 2.56. The molecule has 0 aliphatic carbocycles. The summed E-state index contributed by atoms with van der Waals surface area (Å²) in [6.07, 6.45) is 1.78. The molecule has 2 aromatic heterocycles. The van der Waals surface area contributed by atoms with E-state index in [9.17, 15) is 0 Å². The van der Waals surface area contributed by atoms with E-state index in [1.54, 1.807) is 17.5 Å². The predicted molar refractivity (Wildman–Crippen MR) is 60.1 cm³/mol. The minimum atomic E-state index is 0.160. The zero-order valence-corrected chi connectivity index (χ0v) is 9.79. The fourth-order valence-electron chi connectivity index (χ4n) is 1.21. The summed E-state index contributed by atoms with van der Waals surface area (Å²) in [5.41, 5.74) is 0. The Morgan fingerprint density at radius 1 is 1.43 bits per heavy atom. The van der Waals surface area contributed by atoms with Gasteiger partial charge in [-0.2, -0.15) is 0 Å². The van der Waals surface area contributed by atoms with E-state index in [2.05, 4.69) is 14.9 Å². The molecule has 0 spiro atoms. The van der Waals surface area contributed by atoms with Crippen LogP contribution in [0.5, 0.6) is 0 Å². The van der Waals surface area contributed by atoms with Crippen LogP contribution in [0.15, 0.2) is 18.3 Å². The zero-order chi connectivity index (χ0) is 9.97. The Labute approximate surface area is 94.9 Å². The molecule has 0 fully saturated rings. The maximum absolute atomic E-state index is 5.89. The second-order valence-electron chi connectivity index (χ2n) is 2.68. The van der Waals surface area contributed by atoms with Gasteiger partial charge >= 0.3 is 0 Å². The summed E-state index contributed by atoms with van der Waals surface area (Å²) in [5.74, 6) is 0. The lowest BCUT2D eigenvalue weighted by atomic mass is 10.2. The maximum atomic E-state index is 5.89. The van der Waals surface area contributed by atoms with E-state index < -0.39 is 0 Å². The van der Waals surface area contributed by atoms with Crippen LogP contribution in [-0.4, -0.2) is 16.6 Å². The Morgan fingerprint density at radius 2 is 2.29 bits per heavy atom. The van der Waals surface area contributed by atoms with Gasteiger partial charge in [0.1, 0.15) is 0 Å². The summed E-state index contributed by atoms with van der Waals surface area (Å²) in [4.78, 5) is 2.29. The first-order valence-corrected chi connectivity index (χ1v) is 5.98. The highest BCUT2D eigenvalue weighted by Crippen LogP contribution is 2.31. The van der Waals surface area contributed by atoms with Crippen LogP contribution in [-0.2, 0) is 0 Å². The SMILES string of the molecule is CNC(c1cnns1)c1ccc(Cl)s1. The molecule has 0 saturated heterocycles. The molecule has 0 aliphatic rings. The fraction of sp³-hybridized carbons (Fsp3) is 0.250. The third-order valence-corrected chi connectivity index (χ3v) is 3.85. The fourth-order valence-corrected chi connectivity index (χ4v) is 3.11. The molecular formula is C8H8ClN3S2. The van der Waals surface area contributed by atoms with Crippen molar-refractivity contribution in [1.29, 1.82) is 0 Å². The highest BCUT2D eigenvalue weighted by atomic mass is 35.5. The van der Waals surface area contributed by atoms with E-state index in [1.807, 2.05) is 19.2 Å². The molecule has 0 saturated carbocycles. The average molecular weight is 246 g/mol. The van der Waals surface area contributed by atoms with Gasteiger partial charge in [0.25, 0.3) is 0 Å². The van der Waals surface area contributed by atoms with E-state index in [0.717, 1.165) is 9.21 Å². The minimum absolute atomic E-state index is 0.160. The molecule has 2 aromatic rings. The number of thiophene rings is 1. The minimum Gasteiger partial charge on any atom is -0.308 e. The standard InChI is InChI=1S/C8H8ClN3S2/c1-10-8(6-4-11-12-14-6)5-2-3-7(9)13-5/h2-4,8,10H,1H3. The molecule has 1 atom stereocenters. The second kappa shape index (κ2) is 4.35. The first kappa shape index (κ1) is 10.0. The van der Waals surface area contributed by atoms with Crippen molar-refractivity contribution in [1.82, 2.24) is 14.9 Å². The summed E-state index contributed by atoms with van der Waals surface area (Å²) < 4.78 is 4.65. The van der Waals surface area contributed by atoms with Crippen LogP contribution in [0.2, 0.25) is 4.34 Å². The third-order valence-electron chi connectivity index (χ3n) is 1.83. The molecule has 0 amide bonds. The Bertz CT molecular complexity index is 398. The van der Waals surface area contributed by atoms with Crippen LogP contribution in [0, 0.1) is 0 Å². The van der Waals surface area contributed by atoms with Crippen molar-refractivity contribution in [2.24, 2.45) is 0 Å². The second-order valence-corrected chi connectivity index (χ2v) is 5.25.